The summed E-state index contributed by atoms with van der Waals surface area (Å²) in [7, 11) is 0. The Morgan fingerprint density at radius 3 is 2.50 bits per heavy atom. The first-order valence-corrected chi connectivity index (χ1v) is 9.06. The van der Waals surface area contributed by atoms with Gasteiger partial charge in [0, 0.05) is 31.2 Å². The monoisotopic (exact) mass is 278 g/mol. The van der Waals surface area contributed by atoms with E-state index in [1.165, 1.54) is 51.7 Å². The average Bonchev–Trinajstić information content (AvgIpc) is 2.84. The van der Waals surface area contributed by atoms with Crippen LogP contribution in [0.1, 0.15) is 59.8 Å². The van der Waals surface area contributed by atoms with Crippen LogP contribution in [0.25, 0.3) is 0 Å². The molecule has 2 heterocycles. The molecule has 3 rings (SSSR count). The molecule has 3 fully saturated rings. The normalized spacial score (nSPS) is 44.0. The van der Waals surface area contributed by atoms with Gasteiger partial charge < -0.3 is 0 Å². The molecule has 0 aromatic carbocycles. The maximum atomic E-state index is 2.95. The molecule has 1 aliphatic carbocycles. The first kappa shape index (κ1) is 14.8. The van der Waals surface area contributed by atoms with Crippen LogP contribution in [-0.4, -0.2) is 47.6 Å². The van der Waals surface area contributed by atoms with E-state index in [1.54, 1.807) is 0 Å². The first-order valence-electron chi connectivity index (χ1n) is 9.06. The Morgan fingerprint density at radius 2 is 1.80 bits per heavy atom. The Hall–Kier alpha value is -0.0800. The van der Waals surface area contributed by atoms with Crippen molar-refractivity contribution in [1.82, 2.24) is 9.80 Å². The predicted molar refractivity (Wildman–Crippen MR) is 85.9 cm³/mol. The van der Waals surface area contributed by atoms with Crippen molar-refractivity contribution in [3.63, 3.8) is 0 Å². The van der Waals surface area contributed by atoms with Crippen molar-refractivity contribution in [3.05, 3.63) is 0 Å². The van der Waals surface area contributed by atoms with Gasteiger partial charge in [0.25, 0.3) is 0 Å². The first-order chi connectivity index (χ1) is 9.56. The highest BCUT2D eigenvalue weighted by Crippen LogP contribution is 2.37. The number of rotatable bonds is 2. The van der Waals surface area contributed by atoms with Gasteiger partial charge in [0.2, 0.25) is 0 Å². The summed E-state index contributed by atoms with van der Waals surface area (Å²) < 4.78 is 0. The van der Waals surface area contributed by atoms with E-state index in [-0.39, 0.29) is 0 Å². The van der Waals surface area contributed by atoms with Gasteiger partial charge in [0.1, 0.15) is 0 Å². The largest absolute Gasteiger partial charge is 0.298 e. The average molecular weight is 278 g/mol. The highest BCUT2D eigenvalue weighted by atomic mass is 15.3. The molecule has 116 valence electrons. The van der Waals surface area contributed by atoms with Crippen molar-refractivity contribution in [2.24, 2.45) is 17.8 Å². The van der Waals surface area contributed by atoms with E-state index in [4.69, 9.17) is 0 Å². The molecule has 0 radical (unpaired) electrons. The molecule has 1 saturated carbocycles. The van der Waals surface area contributed by atoms with Crippen LogP contribution in [0.5, 0.6) is 0 Å². The Morgan fingerprint density at radius 1 is 1.00 bits per heavy atom. The third-order valence-electron chi connectivity index (χ3n) is 6.35. The van der Waals surface area contributed by atoms with E-state index in [2.05, 4.69) is 37.5 Å². The Bertz CT molecular complexity index is 327. The molecule has 0 amide bonds. The third kappa shape index (κ3) is 2.78. The van der Waals surface area contributed by atoms with Crippen LogP contribution in [0.4, 0.5) is 0 Å². The number of fused-ring (bicyclic) bond motifs is 1. The summed E-state index contributed by atoms with van der Waals surface area (Å²) in [6, 6.07) is 2.53. The second-order valence-electron chi connectivity index (χ2n) is 8.26. The minimum atomic E-state index is 0.795. The SMILES string of the molecule is CC1CCC(N2CC3CCCN3CC2C(C)C)C(C)C1. The Labute approximate surface area is 125 Å². The molecular weight excluding hydrogens is 244 g/mol. The minimum absolute atomic E-state index is 0.795. The second kappa shape index (κ2) is 5.96. The fourth-order valence-corrected chi connectivity index (χ4v) is 5.18. The van der Waals surface area contributed by atoms with Crippen LogP contribution in [0.15, 0.2) is 0 Å². The Kier molecular flexibility index (Phi) is 4.42. The van der Waals surface area contributed by atoms with Crippen molar-refractivity contribution >= 4 is 0 Å². The van der Waals surface area contributed by atoms with Crippen molar-refractivity contribution in [2.45, 2.75) is 77.9 Å². The zero-order valence-corrected chi connectivity index (χ0v) is 14.0. The molecule has 0 spiro atoms. The van der Waals surface area contributed by atoms with Crippen LogP contribution < -0.4 is 0 Å². The molecule has 2 saturated heterocycles. The summed E-state index contributed by atoms with van der Waals surface area (Å²) in [5, 5.41) is 0. The molecule has 20 heavy (non-hydrogen) atoms. The highest BCUT2D eigenvalue weighted by molar-refractivity contribution is 4.97. The molecule has 0 aromatic heterocycles. The van der Waals surface area contributed by atoms with Crippen molar-refractivity contribution in [3.8, 4) is 0 Å². The van der Waals surface area contributed by atoms with E-state index in [9.17, 15) is 0 Å². The smallest absolute Gasteiger partial charge is 0.0249 e. The second-order valence-corrected chi connectivity index (χ2v) is 8.26. The van der Waals surface area contributed by atoms with E-state index in [1.807, 2.05) is 0 Å². The summed E-state index contributed by atoms with van der Waals surface area (Å²) in [4.78, 5) is 5.74. The van der Waals surface area contributed by atoms with E-state index in [0.717, 1.165) is 35.9 Å². The highest BCUT2D eigenvalue weighted by Gasteiger charge is 2.42. The maximum Gasteiger partial charge on any atom is 0.0249 e. The summed E-state index contributed by atoms with van der Waals surface area (Å²) >= 11 is 0. The van der Waals surface area contributed by atoms with E-state index < -0.39 is 0 Å². The van der Waals surface area contributed by atoms with Gasteiger partial charge in [-0.3, -0.25) is 9.80 Å². The van der Waals surface area contributed by atoms with Crippen LogP contribution in [0, 0.1) is 17.8 Å². The van der Waals surface area contributed by atoms with Gasteiger partial charge in [0.15, 0.2) is 0 Å². The predicted octanol–water partition coefficient (Wildman–Crippen LogP) is 3.62. The molecular formula is C18H34N2. The standard InChI is InChI=1S/C18H34N2/c1-13(2)18-12-19-9-5-6-16(19)11-20(18)17-8-7-14(3)10-15(17)4/h13-18H,5-12H2,1-4H3. The molecule has 5 atom stereocenters. The van der Waals surface area contributed by atoms with Gasteiger partial charge in [-0.25, -0.2) is 0 Å². The summed E-state index contributed by atoms with van der Waals surface area (Å²) in [6.07, 6.45) is 7.21. The number of nitrogens with zero attached hydrogens (tertiary/aromatic N) is 2. The van der Waals surface area contributed by atoms with Gasteiger partial charge in [-0.2, -0.15) is 0 Å². The fourth-order valence-electron chi connectivity index (χ4n) is 5.18. The lowest BCUT2D eigenvalue weighted by molar-refractivity contribution is -0.0303. The lowest BCUT2D eigenvalue weighted by atomic mass is 9.77. The van der Waals surface area contributed by atoms with E-state index >= 15 is 0 Å². The third-order valence-corrected chi connectivity index (χ3v) is 6.35. The molecule has 2 heteroatoms. The van der Waals surface area contributed by atoms with Crippen LogP contribution >= 0.6 is 0 Å². The summed E-state index contributed by atoms with van der Waals surface area (Å²) in [6.45, 7) is 13.9. The van der Waals surface area contributed by atoms with Gasteiger partial charge in [0.05, 0.1) is 0 Å². The van der Waals surface area contributed by atoms with Gasteiger partial charge in [-0.15, -0.1) is 0 Å². The van der Waals surface area contributed by atoms with Crippen molar-refractivity contribution in [2.75, 3.05) is 19.6 Å². The fraction of sp³-hybridized carbons (Fsp3) is 1.00. The molecule has 5 unspecified atom stereocenters. The number of hydrogen-bond acceptors (Lipinski definition) is 2. The quantitative estimate of drug-likeness (QED) is 0.761. The van der Waals surface area contributed by atoms with Crippen molar-refractivity contribution < 1.29 is 0 Å². The lowest BCUT2D eigenvalue weighted by Gasteiger charge is -2.52. The molecule has 3 aliphatic rings. The van der Waals surface area contributed by atoms with E-state index in [0.29, 0.717) is 0 Å². The van der Waals surface area contributed by atoms with Gasteiger partial charge >= 0.3 is 0 Å². The molecule has 0 aromatic rings. The Balaban J connectivity index is 1.74. The van der Waals surface area contributed by atoms with Crippen LogP contribution in [0.2, 0.25) is 0 Å². The van der Waals surface area contributed by atoms with Crippen LogP contribution in [-0.2, 0) is 0 Å². The minimum Gasteiger partial charge on any atom is -0.298 e. The summed E-state index contributed by atoms with van der Waals surface area (Å²) in [5.74, 6) is 2.64. The topological polar surface area (TPSA) is 6.48 Å². The number of hydrogen-bond donors (Lipinski definition) is 0. The zero-order valence-electron chi connectivity index (χ0n) is 14.0. The molecule has 2 nitrogen and oxygen atoms in total. The van der Waals surface area contributed by atoms with Crippen LogP contribution in [0.3, 0.4) is 0 Å². The summed E-state index contributed by atoms with van der Waals surface area (Å²) in [5.41, 5.74) is 0. The van der Waals surface area contributed by atoms with Crippen molar-refractivity contribution in [1.29, 1.82) is 0 Å². The zero-order chi connectivity index (χ0) is 14.3. The molecule has 0 bridgehead atoms. The van der Waals surface area contributed by atoms with Gasteiger partial charge in [-0.1, -0.05) is 27.7 Å². The number of piperazine rings is 1. The lowest BCUT2D eigenvalue weighted by Crippen LogP contribution is -2.62. The maximum absolute atomic E-state index is 2.95. The molecule has 2 aliphatic heterocycles. The van der Waals surface area contributed by atoms with Gasteiger partial charge in [-0.05, 0) is 56.4 Å². The molecule has 0 N–H and O–H groups in total.